The van der Waals surface area contributed by atoms with Gasteiger partial charge in [0.2, 0.25) is 0 Å². The number of nitrogens with zero attached hydrogens (tertiary/aromatic N) is 1. The number of carbonyl (C=O) groups is 1. The number of carbonyl (C=O) groups excluding carboxylic acids is 1. The molecule has 4 nitrogen and oxygen atoms in total. The van der Waals surface area contributed by atoms with Gasteiger partial charge >= 0.3 is 5.97 Å². The first-order chi connectivity index (χ1) is 9.19. The highest BCUT2D eigenvalue weighted by Crippen LogP contribution is 2.52. The quantitative estimate of drug-likeness (QED) is 0.775. The van der Waals surface area contributed by atoms with Crippen molar-refractivity contribution in [2.24, 2.45) is 11.1 Å². The Labute approximate surface area is 118 Å². The van der Waals surface area contributed by atoms with Gasteiger partial charge in [0, 0.05) is 18.5 Å². The second-order valence-electron chi connectivity index (χ2n) is 5.04. The minimum absolute atomic E-state index is 0.111. The first-order valence-electron chi connectivity index (χ1n) is 6.48. The fourth-order valence-electron chi connectivity index (χ4n) is 2.05. The van der Waals surface area contributed by atoms with Crippen molar-refractivity contribution in [1.82, 2.24) is 4.98 Å². The number of pyridine rings is 1. The molecule has 5 heteroatoms. The van der Waals surface area contributed by atoms with Crippen LogP contribution in [0.15, 0.2) is 24.4 Å². The molecular weight excluding hydrogens is 260 g/mol. The van der Waals surface area contributed by atoms with Gasteiger partial charge in [-0.3, -0.25) is 9.78 Å². The number of ether oxygens (including phenoxy) is 1. The normalized spacial score (nSPS) is 17.8. The topological polar surface area (TPSA) is 65.2 Å². The summed E-state index contributed by atoms with van der Waals surface area (Å²) >= 11 is 1.80. The molecule has 0 saturated heterocycles. The molecule has 0 amide bonds. The molecule has 1 unspecified atom stereocenters. The molecule has 2 N–H and O–H groups in total. The minimum atomic E-state index is -0.111. The van der Waals surface area contributed by atoms with Crippen LogP contribution in [0.3, 0.4) is 0 Å². The molecule has 1 fully saturated rings. The third-order valence-corrected chi connectivity index (χ3v) is 5.14. The van der Waals surface area contributed by atoms with Gasteiger partial charge in [-0.25, -0.2) is 0 Å². The maximum Gasteiger partial charge on any atom is 0.306 e. The zero-order valence-corrected chi connectivity index (χ0v) is 12.0. The molecule has 1 aromatic heterocycles. The van der Waals surface area contributed by atoms with Crippen molar-refractivity contribution >= 4 is 17.7 Å². The lowest BCUT2D eigenvalue weighted by Gasteiger charge is -2.18. The number of rotatable bonds is 7. The third kappa shape index (κ3) is 3.94. The molecule has 0 radical (unpaired) electrons. The molecule has 1 aliphatic carbocycles. The van der Waals surface area contributed by atoms with Crippen LogP contribution >= 0.6 is 11.8 Å². The number of nitrogens with two attached hydrogens (primary N) is 1. The van der Waals surface area contributed by atoms with Crippen molar-refractivity contribution in [3.05, 3.63) is 30.1 Å². The van der Waals surface area contributed by atoms with Crippen LogP contribution in [-0.2, 0) is 9.53 Å². The zero-order chi connectivity index (χ0) is 13.7. The van der Waals surface area contributed by atoms with Gasteiger partial charge in [0.25, 0.3) is 0 Å². The van der Waals surface area contributed by atoms with E-state index in [0.29, 0.717) is 13.0 Å². The van der Waals surface area contributed by atoms with Crippen LogP contribution in [0, 0.1) is 5.41 Å². The minimum Gasteiger partial charge on any atom is -0.469 e. The van der Waals surface area contributed by atoms with Crippen LogP contribution in [0.1, 0.15) is 30.2 Å². The molecule has 1 atom stereocenters. The number of esters is 1. The standard InChI is InChI=1S/C14H20N2O2S/c1-18-13(17)8-14(5-6-14)10-19-12(9-15)11-4-2-3-7-16-11/h2-4,7,12H,5-6,8-10,15H2,1H3. The highest BCUT2D eigenvalue weighted by Gasteiger charge is 2.44. The lowest BCUT2D eigenvalue weighted by atomic mass is 10.1. The first kappa shape index (κ1) is 14.3. The van der Waals surface area contributed by atoms with Crippen molar-refractivity contribution in [2.75, 3.05) is 19.4 Å². The molecule has 0 aliphatic heterocycles. The van der Waals surface area contributed by atoms with Crippen LogP contribution in [0.5, 0.6) is 0 Å². The Bertz CT molecular complexity index is 421. The second-order valence-corrected chi connectivity index (χ2v) is 6.23. The molecule has 2 rings (SSSR count). The van der Waals surface area contributed by atoms with E-state index in [2.05, 4.69) is 4.98 Å². The monoisotopic (exact) mass is 280 g/mol. The Morgan fingerprint density at radius 1 is 1.58 bits per heavy atom. The molecule has 0 bridgehead atoms. The molecular formula is C14H20N2O2S. The van der Waals surface area contributed by atoms with E-state index in [4.69, 9.17) is 10.5 Å². The van der Waals surface area contributed by atoms with Crippen LogP contribution < -0.4 is 5.73 Å². The second kappa shape index (κ2) is 6.39. The summed E-state index contributed by atoms with van der Waals surface area (Å²) in [4.78, 5) is 15.7. The van der Waals surface area contributed by atoms with Gasteiger partial charge in [-0.05, 0) is 30.4 Å². The highest BCUT2D eigenvalue weighted by atomic mass is 32.2. The Hall–Kier alpha value is -1.07. The Morgan fingerprint density at radius 3 is 2.89 bits per heavy atom. The smallest absolute Gasteiger partial charge is 0.306 e. The number of hydrogen-bond donors (Lipinski definition) is 1. The van der Waals surface area contributed by atoms with Gasteiger partial charge in [0.05, 0.1) is 24.5 Å². The van der Waals surface area contributed by atoms with Crippen molar-refractivity contribution < 1.29 is 9.53 Å². The lowest BCUT2D eigenvalue weighted by molar-refractivity contribution is -0.141. The highest BCUT2D eigenvalue weighted by molar-refractivity contribution is 7.99. The number of aromatic nitrogens is 1. The van der Waals surface area contributed by atoms with Crippen LogP contribution in [0.25, 0.3) is 0 Å². The largest absolute Gasteiger partial charge is 0.469 e. The van der Waals surface area contributed by atoms with Crippen LogP contribution in [-0.4, -0.2) is 30.4 Å². The SMILES string of the molecule is COC(=O)CC1(CSC(CN)c2ccccn2)CC1. The summed E-state index contributed by atoms with van der Waals surface area (Å²) in [6.07, 6.45) is 4.53. The molecule has 1 heterocycles. The average molecular weight is 280 g/mol. The molecule has 19 heavy (non-hydrogen) atoms. The predicted octanol–water partition coefficient (Wildman–Crippen LogP) is 2.16. The Morgan fingerprint density at radius 2 is 2.37 bits per heavy atom. The van der Waals surface area contributed by atoms with E-state index >= 15 is 0 Å². The maximum absolute atomic E-state index is 11.4. The van der Waals surface area contributed by atoms with E-state index in [-0.39, 0.29) is 16.6 Å². The molecule has 0 spiro atoms. The number of hydrogen-bond acceptors (Lipinski definition) is 5. The maximum atomic E-state index is 11.4. The number of thioether (sulfide) groups is 1. The first-order valence-corrected chi connectivity index (χ1v) is 7.53. The van der Waals surface area contributed by atoms with Crippen molar-refractivity contribution in [2.45, 2.75) is 24.5 Å². The summed E-state index contributed by atoms with van der Waals surface area (Å²) in [6, 6.07) is 5.89. The molecule has 1 aromatic rings. The molecule has 0 aromatic carbocycles. The summed E-state index contributed by atoms with van der Waals surface area (Å²) in [5, 5.41) is 0.205. The summed E-state index contributed by atoms with van der Waals surface area (Å²) < 4.78 is 4.76. The van der Waals surface area contributed by atoms with E-state index < -0.39 is 0 Å². The van der Waals surface area contributed by atoms with Gasteiger partial charge in [0.1, 0.15) is 0 Å². The van der Waals surface area contributed by atoms with E-state index in [9.17, 15) is 4.79 Å². The van der Waals surface area contributed by atoms with Gasteiger partial charge in [-0.2, -0.15) is 11.8 Å². The lowest BCUT2D eigenvalue weighted by Crippen LogP contribution is -2.16. The average Bonchev–Trinajstić information content (AvgIpc) is 3.20. The van der Waals surface area contributed by atoms with Gasteiger partial charge in [-0.15, -0.1) is 0 Å². The van der Waals surface area contributed by atoms with E-state index in [1.807, 2.05) is 18.2 Å². The fourth-order valence-corrected chi connectivity index (χ4v) is 3.44. The Balaban J connectivity index is 1.88. The van der Waals surface area contributed by atoms with Crippen molar-refractivity contribution in [3.8, 4) is 0 Å². The van der Waals surface area contributed by atoms with E-state index in [0.717, 1.165) is 24.3 Å². The summed E-state index contributed by atoms with van der Waals surface area (Å²) in [6.45, 7) is 0.565. The molecule has 104 valence electrons. The number of methoxy groups -OCH3 is 1. The van der Waals surface area contributed by atoms with Gasteiger partial charge < -0.3 is 10.5 Å². The van der Waals surface area contributed by atoms with E-state index in [1.165, 1.54) is 7.11 Å². The van der Waals surface area contributed by atoms with Gasteiger partial charge in [-0.1, -0.05) is 6.07 Å². The fraction of sp³-hybridized carbons (Fsp3) is 0.571. The van der Waals surface area contributed by atoms with Crippen molar-refractivity contribution in [3.63, 3.8) is 0 Å². The predicted molar refractivity (Wildman–Crippen MR) is 76.8 cm³/mol. The van der Waals surface area contributed by atoms with Gasteiger partial charge in [0.15, 0.2) is 0 Å². The molecule has 1 aliphatic rings. The van der Waals surface area contributed by atoms with Crippen LogP contribution in [0.2, 0.25) is 0 Å². The van der Waals surface area contributed by atoms with Crippen LogP contribution in [0.4, 0.5) is 0 Å². The third-order valence-electron chi connectivity index (χ3n) is 3.53. The zero-order valence-electron chi connectivity index (χ0n) is 11.2. The van der Waals surface area contributed by atoms with E-state index in [1.54, 1.807) is 18.0 Å². The summed E-state index contributed by atoms with van der Waals surface area (Å²) in [5.74, 6) is 0.834. The Kier molecular flexibility index (Phi) is 4.82. The molecule has 1 saturated carbocycles. The summed E-state index contributed by atoms with van der Waals surface area (Å²) in [5.41, 5.74) is 6.99. The van der Waals surface area contributed by atoms with Crippen molar-refractivity contribution in [1.29, 1.82) is 0 Å². The summed E-state index contributed by atoms with van der Waals surface area (Å²) in [7, 11) is 1.45.